The lowest BCUT2D eigenvalue weighted by atomic mass is 9.94. The fraction of sp³-hybridized carbons (Fsp3) is 0.241. The number of anilines is 1. The molecule has 0 unspecified atom stereocenters. The smallest absolute Gasteiger partial charge is 0.311 e. The van der Waals surface area contributed by atoms with E-state index in [1.807, 2.05) is 37.3 Å². The maximum absolute atomic E-state index is 13.1. The lowest BCUT2D eigenvalue weighted by Gasteiger charge is -2.33. The molecule has 0 aliphatic carbocycles. The van der Waals surface area contributed by atoms with Crippen molar-refractivity contribution in [3.8, 4) is 5.75 Å². The zero-order valence-electron chi connectivity index (χ0n) is 21.1. The Balaban J connectivity index is 1.48. The van der Waals surface area contributed by atoms with Gasteiger partial charge in [0.05, 0.1) is 12.8 Å². The van der Waals surface area contributed by atoms with E-state index in [1.165, 1.54) is 25.1 Å². The zero-order valence-corrected chi connectivity index (χ0v) is 21.1. The van der Waals surface area contributed by atoms with Gasteiger partial charge in [-0.2, -0.15) is 0 Å². The molecular formula is C29H29N3O6. The molecule has 0 saturated heterocycles. The standard InChI is InChI=1S/C29H29N3O6/c1-17-8-10-20(11-9-17)14-24(34)30-18(2)28(36)32-26-22-16-21(33)12-13-23(22)31-29(37)27(26)38-25(35)15-19-6-4-3-5-7-19/h3-13,16,18,26-27,33H,14-15H2,1-2H3,(H,30,34)(H,31,37)(H,32,36)/t18-,26-,27+/m0/s1. The van der Waals surface area contributed by atoms with Crippen molar-refractivity contribution in [3.63, 3.8) is 0 Å². The summed E-state index contributed by atoms with van der Waals surface area (Å²) in [5.74, 6) is -2.29. The molecule has 4 N–H and O–H groups in total. The summed E-state index contributed by atoms with van der Waals surface area (Å²) in [5, 5.41) is 18.1. The van der Waals surface area contributed by atoms with E-state index < -0.39 is 36.0 Å². The largest absolute Gasteiger partial charge is 0.508 e. The molecule has 3 aromatic rings. The molecule has 196 valence electrons. The predicted molar refractivity (Wildman–Crippen MR) is 140 cm³/mol. The van der Waals surface area contributed by atoms with Crippen molar-refractivity contribution in [3.05, 3.63) is 95.1 Å². The number of ether oxygens (including phenoxy) is 1. The Morgan fingerprint density at radius 1 is 0.974 bits per heavy atom. The summed E-state index contributed by atoms with van der Waals surface area (Å²) in [4.78, 5) is 51.2. The summed E-state index contributed by atoms with van der Waals surface area (Å²) in [7, 11) is 0. The minimum absolute atomic E-state index is 0.0658. The van der Waals surface area contributed by atoms with Crippen molar-refractivity contribution in [1.29, 1.82) is 0 Å². The maximum Gasteiger partial charge on any atom is 0.311 e. The van der Waals surface area contributed by atoms with Crippen LogP contribution in [-0.4, -0.2) is 40.9 Å². The van der Waals surface area contributed by atoms with Gasteiger partial charge in [0, 0.05) is 11.3 Å². The summed E-state index contributed by atoms with van der Waals surface area (Å²) >= 11 is 0. The number of amides is 3. The van der Waals surface area contributed by atoms with Crippen molar-refractivity contribution >= 4 is 29.4 Å². The number of hydrogen-bond donors (Lipinski definition) is 4. The van der Waals surface area contributed by atoms with Gasteiger partial charge < -0.3 is 25.8 Å². The van der Waals surface area contributed by atoms with Crippen molar-refractivity contribution in [2.45, 2.75) is 44.9 Å². The Kier molecular flexibility index (Phi) is 8.06. The highest BCUT2D eigenvalue weighted by atomic mass is 16.5. The highest BCUT2D eigenvalue weighted by Gasteiger charge is 2.40. The van der Waals surface area contributed by atoms with Crippen LogP contribution in [0.4, 0.5) is 5.69 Å². The first-order chi connectivity index (χ1) is 18.2. The number of fused-ring (bicyclic) bond motifs is 1. The van der Waals surface area contributed by atoms with Gasteiger partial charge in [-0.25, -0.2) is 0 Å². The predicted octanol–water partition coefficient (Wildman–Crippen LogP) is 2.71. The van der Waals surface area contributed by atoms with E-state index in [-0.39, 0.29) is 24.5 Å². The van der Waals surface area contributed by atoms with Gasteiger partial charge in [-0.1, -0.05) is 60.2 Å². The SMILES string of the molecule is Cc1ccc(CC(=O)N[C@@H](C)C(=O)N[C@H]2c3cc(O)ccc3NC(=O)[C@@H]2OC(=O)Cc2ccccc2)cc1. The molecule has 1 aliphatic rings. The fourth-order valence-electron chi connectivity index (χ4n) is 4.19. The minimum Gasteiger partial charge on any atom is -0.508 e. The number of phenols is 1. The molecule has 0 radical (unpaired) electrons. The van der Waals surface area contributed by atoms with Crippen LogP contribution in [0.25, 0.3) is 0 Å². The summed E-state index contributed by atoms with van der Waals surface area (Å²) < 4.78 is 5.53. The average Bonchev–Trinajstić information content (AvgIpc) is 2.88. The summed E-state index contributed by atoms with van der Waals surface area (Å²) in [6.45, 7) is 3.47. The first-order valence-electron chi connectivity index (χ1n) is 12.2. The van der Waals surface area contributed by atoms with Crippen molar-refractivity contribution in [2.24, 2.45) is 0 Å². The van der Waals surface area contributed by atoms with Gasteiger partial charge in [-0.15, -0.1) is 0 Å². The monoisotopic (exact) mass is 515 g/mol. The molecule has 0 aromatic heterocycles. The molecule has 0 fully saturated rings. The van der Waals surface area contributed by atoms with Gasteiger partial charge in [0.2, 0.25) is 17.9 Å². The number of aryl methyl sites for hydroxylation is 1. The van der Waals surface area contributed by atoms with Gasteiger partial charge in [0.1, 0.15) is 17.8 Å². The lowest BCUT2D eigenvalue weighted by molar-refractivity contribution is -0.156. The Bertz CT molecular complexity index is 1340. The molecule has 9 nitrogen and oxygen atoms in total. The van der Waals surface area contributed by atoms with E-state index in [2.05, 4.69) is 16.0 Å². The number of nitrogens with one attached hydrogen (secondary N) is 3. The molecule has 3 atom stereocenters. The molecule has 38 heavy (non-hydrogen) atoms. The van der Waals surface area contributed by atoms with Crippen LogP contribution in [0.2, 0.25) is 0 Å². The number of carbonyl (C=O) groups excluding carboxylic acids is 4. The third kappa shape index (κ3) is 6.56. The van der Waals surface area contributed by atoms with E-state index in [0.29, 0.717) is 16.8 Å². The Morgan fingerprint density at radius 2 is 1.66 bits per heavy atom. The lowest BCUT2D eigenvalue weighted by Crippen LogP contribution is -2.52. The van der Waals surface area contributed by atoms with Crippen LogP contribution < -0.4 is 16.0 Å². The minimum atomic E-state index is -1.39. The topological polar surface area (TPSA) is 134 Å². The van der Waals surface area contributed by atoms with E-state index >= 15 is 0 Å². The average molecular weight is 516 g/mol. The number of aromatic hydroxyl groups is 1. The van der Waals surface area contributed by atoms with Crippen LogP contribution in [0.1, 0.15) is 35.2 Å². The molecule has 0 bridgehead atoms. The van der Waals surface area contributed by atoms with Gasteiger partial charge in [0.15, 0.2) is 0 Å². The third-order valence-electron chi connectivity index (χ3n) is 6.19. The van der Waals surface area contributed by atoms with Gasteiger partial charge in [0.25, 0.3) is 5.91 Å². The Labute approximate surface area is 220 Å². The number of carbonyl (C=O) groups is 4. The van der Waals surface area contributed by atoms with Crippen molar-refractivity contribution in [2.75, 3.05) is 5.32 Å². The van der Waals surface area contributed by atoms with Crippen molar-refractivity contribution in [1.82, 2.24) is 10.6 Å². The number of benzene rings is 3. The highest BCUT2D eigenvalue weighted by Crippen LogP contribution is 2.35. The van der Waals surface area contributed by atoms with Gasteiger partial charge >= 0.3 is 5.97 Å². The van der Waals surface area contributed by atoms with Crippen LogP contribution in [0, 0.1) is 6.92 Å². The first-order valence-corrected chi connectivity index (χ1v) is 12.2. The number of rotatable bonds is 8. The number of hydrogen-bond acceptors (Lipinski definition) is 6. The summed E-state index contributed by atoms with van der Waals surface area (Å²) in [6, 6.07) is 18.6. The highest BCUT2D eigenvalue weighted by molar-refractivity contribution is 6.00. The van der Waals surface area contributed by atoms with Crippen LogP contribution in [-0.2, 0) is 36.8 Å². The molecule has 0 saturated carbocycles. The Morgan fingerprint density at radius 3 is 2.37 bits per heavy atom. The summed E-state index contributed by atoms with van der Waals surface area (Å²) in [6.07, 6.45) is -1.36. The van der Waals surface area contributed by atoms with Gasteiger partial charge in [-0.05, 0) is 43.2 Å². The molecule has 1 heterocycles. The second-order valence-corrected chi connectivity index (χ2v) is 9.27. The zero-order chi connectivity index (χ0) is 27.2. The number of esters is 1. The van der Waals surface area contributed by atoms with Crippen LogP contribution in [0.15, 0.2) is 72.8 Å². The van der Waals surface area contributed by atoms with E-state index in [9.17, 15) is 24.3 Å². The van der Waals surface area contributed by atoms with E-state index in [4.69, 9.17) is 4.74 Å². The van der Waals surface area contributed by atoms with Gasteiger partial charge in [-0.3, -0.25) is 19.2 Å². The quantitative estimate of drug-likeness (QED) is 0.269. The molecule has 1 aliphatic heterocycles. The molecule has 3 amide bonds. The van der Waals surface area contributed by atoms with E-state index in [1.54, 1.807) is 24.3 Å². The Hall–Kier alpha value is -4.66. The first kappa shape index (κ1) is 26.4. The maximum atomic E-state index is 13.1. The molecule has 4 rings (SSSR count). The molecule has 0 spiro atoms. The second-order valence-electron chi connectivity index (χ2n) is 9.27. The summed E-state index contributed by atoms with van der Waals surface area (Å²) in [5.41, 5.74) is 3.32. The van der Waals surface area contributed by atoms with Crippen LogP contribution in [0.3, 0.4) is 0 Å². The normalized spacial score (nSPS) is 16.9. The number of phenolic OH excluding ortho intramolecular Hbond substituents is 1. The second kappa shape index (κ2) is 11.6. The molecular weight excluding hydrogens is 486 g/mol. The molecule has 9 heteroatoms. The van der Waals surface area contributed by atoms with Crippen LogP contribution in [0.5, 0.6) is 5.75 Å². The molecule has 3 aromatic carbocycles. The fourth-order valence-corrected chi connectivity index (χ4v) is 4.19. The van der Waals surface area contributed by atoms with E-state index in [0.717, 1.165) is 11.1 Å². The third-order valence-corrected chi connectivity index (χ3v) is 6.19. The van der Waals surface area contributed by atoms with Crippen molar-refractivity contribution < 1.29 is 29.0 Å². The van der Waals surface area contributed by atoms with Crippen LogP contribution >= 0.6 is 0 Å².